The highest BCUT2D eigenvalue weighted by Gasteiger charge is 2.10. The lowest BCUT2D eigenvalue weighted by molar-refractivity contribution is -0.384. The molecule has 2 aromatic rings. The predicted molar refractivity (Wildman–Crippen MR) is 85.5 cm³/mol. The second-order valence-electron chi connectivity index (χ2n) is 4.54. The Labute approximate surface area is 130 Å². The van der Waals surface area contributed by atoms with Crippen molar-refractivity contribution in [2.45, 2.75) is 6.92 Å². The second kappa shape index (κ2) is 6.45. The third kappa shape index (κ3) is 3.86. The number of carbonyl (C=O) groups excluding carboxylic acids is 1. The summed E-state index contributed by atoms with van der Waals surface area (Å²) in [6.07, 6.45) is 1.58. The van der Waals surface area contributed by atoms with Crippen molar-refractivity contribution in [1.29, 1.82) is 0 Å². The Morgan fingerprint density at radius 2 is 1.86 bits per heavy atom. The minimum absolute atomic E-state index is 0.00756. The highest BCUT2D eigenvalue weighted by molar-refractivity contribution is 9.12. The Hall–Kier alpha value is -2.27. The predicted octanol–water partition coefficient (Wildman–Crippen LogP) is 4.52. The number of nitro groups is 1. The Bertz CT molecular complexity index is 721. The number of hydrogen-bond acceptors (Lipinski definition) is 3. The first-order valence-corrected chi connectivity index (χ1v) is 6.99. The largest absolute Gasteiger partial charge is 0.288 e. The van der Waals surface area contributed by atoms with Crippen LogP contribution in [0.1, 0.15) is 21.5 Å². The monoisotopic (exact) mass is 345 g/mol. The molecule has 0 radical (unpaired) electrons. The molecular formula is C16H12BrNO3. The maximum Gasteiger partial charge on any atom is 0.270 e. The van der Waals surface area contributed by atoms with E-state index in [0.29, 0.717) is 15.6 Å². The van der Waals surface area contributed by atoms with E-state index < -0.39 is 4.92 Å². The number of non-ortho nitro benzene ring substituents is 1. The number of benzene rings is 2. The lowest BCUT2D eigenvalue weighted by Gasteiger charge is -2.01. The summed E-state index contributed by atoms with van der Waals surface area (Å²) < 4.78 is 0.354. The van der Waals surface area contributed by atoms with Crippen LogP contribution in [0.25, 0.3) is 6.08 Å². The standard InChI is InChI=1S/C16H12BrNO3/c1-11-5-7-13(8-6-11)16(19)15(17)10-12-3-2-4-14(9-12)18(20)21/h2-10H,1H3/b15-10-. The summed E-state index contributed by atoms with van der Waals surface area (Å²) in [6.45, 7) is 1.95. The Kier molecular flexibility index (Phi) is 4.65. The summed E-state index contributed by atoms with van der Waals surface area (Å²) in [7, 11) is 0. The number of aryl methyl sites for hydroxylation is 1. The van der Waals surface area contributed by atoms with E-state index in [1.54, 1.807) is 30.3 Å². The van der Waals surface area contributed by atoms with Gasteiger partial charge in [-0.15, -0.1) is 0 Å². The molecule has 0 aliphatic heterocycles. The highest BCUT2D eigenvalue weighted by atomic mass is 79.9. The van der Waals surface area contributed by atoms with Crippen molar-refractivity contribution < 1.29 is 9.72 Å². The van der Waals surface area contributed by atoms with Gasteiger partial charge in [0.2, 0.25) is 0 Å². The first-order chi connectivity index (χ1) is 9.97. The Morgan fingerprint density at radius 1 is 1.19 bits per heavy atom. The fourth-order valence-electron chi connectivity index (χ4n) is 1.78. The number of Topliss-reactive ketones (excluding diaryl/α,β-unsaturated/α-hetero) is 1. The first-order valence-electron chi connectivity index (χ1n) is 6.20. The number of carbonyl (C=O) groups is 1. The van der Waals surface area contributed by atoms with Crippen LogP contribution in [-0.4, -0.2) is 10.7 Å². The molecule has 0 aromatic heterocycles. The molecule has 0 saturated heterocycles. The maximum atomic E-state index is 12.2. The molecule has 0 saturated carbocycles. The maximum absolute atomic E-state index is 12.2. The van der Waals surface area contributed by atoms with E-state index in [1.807, 2.05) is 19.1 Å². The van der Waals surface area contributed by atoms with Crippen LogP contribution in [0.4, 0.5) is 5.69 Å². The molecule has 2 aromatic carbocycles. The van der Waals surface area contributed by atoms with Gasteiger partial charge in [-0.25, -0.2) is 0 Å². The zero-order chi connectivity index (χ0) is 15.4. The Balaban J connectivity index is 2.28. The molecule has 0 amide bonds. The van der Waals surface area contributed by atoms with Gasteiger partial charge in [-0.05, 0) is 34.5 Å². The van der Waals surface area contributed by atoms with E-state index in [2.05, 4.69) is 15.9 Å². The van der Waals surface area contributed by atoms with Crippen molar-refractivity contribution >= 4 is 33.5 Å². The van der Waals surface area contributed by atoms with Crippen molar-refractivity contribution in [2.24, 2.45) is 0 Å². The quantitative estimate of drug-likeness (QED) is 0.354. The molecule has 5 heteroatoms. The van der Waals surface area contributed by atoms with Crippen LogP contribution in [0.5, 0.6) is 0 Å². The first kappa shape index (κ1) is 15.1. The topological polar surface area (TPSA) is 60.2 Å². The Morgan fingerprint density at radius 3 is 2.48 bits per heavy atom. The van der Waals surface area contributed by atoms with E-state index >= 15 is 0 Å². The van der Waals surface area contributed by atoms with Crippen molar-refractivity contribution in [2.75, 3.05) is 0 Å². The van der Waals surface area contributed by atoms with Crippen molar-refractivity contribution in [1.82, 2.24) is 0 Å². The number of halogens is 1. The average molecular weight is 346 g/mol. The molecule has 0 atom stereocenters. The van der Waals surface area contributed by atoms with Gasteiger partial charge in [-0.3, -0.25) is 14.9 Å². The summed E-state index contributed by atoms with van der Waals surface area (Å²) in [6, 6.07) is 13.3. The minimum atomic E-state index is -0.465. The molecule has 0 heterocycles. The average Bonchev–Trinajstić information content (AvgIpc) is 2.47. The number of nitro benzene ring substituents is 1. The van der Waals surface area contributed by atoms with Crippen molar-refractivity contribution in [3.8, 4) is 0 Å². The molecule has 0 bridgehead atoms. The van der Waals surface area contributed by atoms with Crippen LogP contribution in [0.15, 0.2) is 53.0 Å². The number of hydrogen-bond donors (Lipinski definition) is 0. The minimum Gasteiger partial charge on any atom is -0.288 e. The third-order valence-electron chi connectivity index (χ3n) is 2.91. The van der Waals surface area contributed by atoms with Gasteiger partial charge in [0.05, 0.1) is 9.41 Å². The lowest BCUT2D eigenvalue weighted by atomic mass is 10.1. The van der Waals surface area contributed by atoms with Crippen LogP contribution in [0.3, 0.4) is 0 Å². The van der Waals surface area contributed by atoms with Gasteiger partial charge >= 0.3 is 0 Å². The van der Waals surface area contributed by atoms with E-state index in [4.69, 9.17) is 0 Å². The van der Waals surface area contributed by atoms with Crippen molar-refractivity contribution in [3.05, 3.63) is 79.8 Å². The molecular weight excluding hydrogens is 334 g/mol. The molecule has 2 rings (SSSR count). The summed E-state index contributed by atoms with van der Waals surface area (Å²) in [4.78, 5) is 22.5. The SMILES string of the molecule is Cc1ccc(C(=O)/C(Br)=C/c2cccc([N+](=O)[O-])c2)cc1. The van der Waals surface area contributed by atoms with Crippen LogP contribution < -0.4 is 0 Å². The molecule has 0 spiro atoms. The number of ketones is 1. The van der Waals surface area contributed by atoms with Crippen LogP contribution in [-0.2, 0) is 0 Å². The lowest BCUT2D eigenvalue weighted by Crippen LogP contribution is -1.98. The van der Waals surface area contributed by atoms with Gasteiger partial charge in [0, 0.05) is 17.7 Å². The molecule has 0 aliphatic carbocycles. The molecule has 0 unspecified atom stereocenters. The fourth-order valence-corrected chi connectivity index (χ4v) is 2.28. The number of nitrogens with zero attached hydrogens (tertiary/aromatic N) is 1. The van der Waals surface area contributed by atoms with Gasteiger partial charge in [-0.2, -0.15) is 0 Å². The molecule has 106 valence electrons. The van der Waals surface area contributed by atoms with E-state index in [0.717, 1.165) is 5.56 Å². The van der Waals surface area contributed by atoms with Crippen LogP contribution in [0, 0.1) is 17.0 Å². The van der Waals surface area contributed by atoms with Gasteiger partial charge in [0.15, 0.2) is 5.78 Å². The molecule has 0 aliphatic rings. The summed E-state index contributed by atoms with van der Waals surface area (Å²) >= 11 is 3.24. The van der Waals surface area contributed by atoms with Crippen LogP contribution in [0.2, 0.25) is 0 Å². The van der Waals surface area contributed by atoms with Gasteiger partial charge < -0.3 is 0 Å². The molecule has 0 fully saturated rings. The molecule has 21 heavy (non-hydrogen) atoms. The highest BCUT2D eigenvalue weighted by Crippen LogP contribution is 2.21. The smallest absolute Gasteiger partial charge is 0.270 e. The zero-order valence-electron chi connectivity index (χ0n) is 11.2. The summed E-state index contributed by atoms with van der Waals surface area (Å²) in [5, 5.41) is 10.7. The van der Waals surface area contributed by atoms with E-state index in [1.165, 1.54) is 12.1 Å². The molecule has 0 N–H and O–H groups in total. The summed E-state index contributed by atoms with van der Waals surface area (Å²) in [5.74, 6) is -0.165. The zero-order valence-corrected chi connectivity index (χ0v) is 12.8. The van der Waals surface area contributed by atoms with E-state index in [9.17, 15) is 14.9 Å². The molecule has 4 nitrogen and oxygen atoms in total. The second-order valence-corrected chi connectivity index (χ2v) is 5.39. The van der Waals surface area contributed by atoms with Gasteiger partial charge in [0.1, 0.15) is 0 Å². The normalized spacial score (nSPS) is 11.2. The fraction of sp³-hybridized carbons (Fsp3) is 0.0625. The number of allylic oxidation sites excluding steroid dienone is 1. The van der Waals surface area contributed by atoms with Gasteiger partial charge in [0.25, 0.3) is 5.69 Å². The van der Waals surface area contributed by atoms with E-state index in [-0.39, 0.29) is 11.5 Å². The summed E-state index contributed by atoms with van der Waals surface area (Å²) in [5.41, 5.74) is 2.22. The van der Waals surface area contributed by atoms with Crippen molar-refractivity contribution in [3.63, 3.8) is 0 Å². The van der Waals surface area contributed by atoms with Gasteiger partial charge in [-0.1, -0.05) is 42.0 Å². The number of rotatable bonds is 4. The third-order valence-corrected chi connectivity index (χ3v) is 3.49. The van der Waals surface area contributed by atoms with Crippen LogP contribution >= 0.6 is 15.9 Å².